The van der Waals surface area contributed by atoms with Gasteiger partial charge in [-0.2, -0.15) is 5.10 Å². The van der Waals surface area contributed by atoms with Crippen molar-refractivity contribution in [2.24, 2.45) is 5.92 Å². The van der Waals surface area contributed by atoms with Gasteiger partial charge >= 0.3 is 0 Å². The Morgan fingerprint density at radius 1 is 1.45 bits per heavy atom. The van der Waals surface area contributed by atoms with Crippen LogP contribution in [0.25, 0.3) is 0 Å². The molecule has 0 amide bonds. The van der Waals surface area contributed by atoms with E-state index in [2.05, 4.69) is 15.7 Å². The van der Waals surface area contributed by atoms with Gasteiger partial charge < -0.3 is 20.5 Å². The highest BCUT2D eigenvalue weighted by molar-refractivity contribution is 5.36. The second kappa shape index (κ2) is 6.81. The topological polar surface area (TPSA) is 71.3 Å². The lowest BCUT2D eigenvalue weighted by Crippen LogP contribution is -2.36. The number of para-hydroxylation sites is 1. The largest absolute Gasteiger partial charge is 0.496 e. The minimum atomic E-state index is -0.576. The SMILES string of the molecule is COc1ccccc1[C@@H](O)CNC[C@H]1CNc2ccnn2C1. The number of fused-ring (bicyclic) bond motifs is 1. The van der Waals surface area contributed by atoms with Crippen molar-refractivity contribution in [2.45, 2.75) is 12.6 Å². The molecule has 0 saturated carbocycles. The molecule has 2 atom stereocenters. The van der Waals surface area contributed by atoms with Gasteiger partial charge in [-0.1, -0.05) is 18.2 Å². The summed E-state index contributed by atoms with van der Waals surface area (Å²) in [5.74, 6) is 2.25. The number of aliphatic hydroxyl groups is 1. The van der Waals surface area contributed by atoms with Crippen molar-refractivity contribution in [2.75, 3.05) is 32.1 Å². The molecule has 0 bridgehead atoms. The normalized spacial score (nSPS) is 18.4. The van der Waals surface area contributed by atoms with E-state index in [1.807, 2.05) is 41.2 Å². The number of benzene rings is 1. The predicted molar refractivity (Wildman–Crippen MR) is 85.0 cm³/mol. The van der Waals surface area contributed by atoms with E-state index in [0.717, 1.165) is 36.8 Å². The van der Waals surface area contributed by atoms with Crippen LogP contribution in [0.4, 0.5) is 5.82 Å². The molecule has 6 nitrogen and oxygen atoms in total. The van der Waals surface area contributed by atoms with Gasteiger partial charge in [0.05, 0.1) is 19.4 Å². The monoisotopic (exact) mass is 302 g/mol. The summed E-state index contributed by atoms with van der Waals surface area (Å²) >= 11 is 0. The molecule has 0 unspecified atom stereocenters. The number of anilines is 1. The van der Waals surface area contributed by atoms with Gasteiger partial charge in [0.2, 0.25) is 0 Å². The molecule has 118 valence electrons. The number of methoxy groups -OCH3 is 1. The van der Waals surface area contributed by atoms with Gasteiger partial charge in [-0.15, -0.1) is 0 Å². The van der Waals surface area contributed by atoms with E-state index < -0.39 is 6.10 Å². The summed E-state index contributed by atoms with van der Waals surface area (Å²) in [7, 11) is 1.62. The first-order valence-electron chi connectivity index (χ1n) is 7.55. The molecule has 3 N–H and O–H groups in total. The van der Waals surface area contributed by atoms with E-state index in [4.69, 9.17) is 4.74 Å². The highest BCUT2D eigenvalue weighted by Crippen LogP contribution is 2.24. The molecule has 3 rings (SSSR count). The van der Waals surface area contributed by atoms with Gasteiger partial charge in [0.15, 0.2) is 0 Å². The Morgan fingerprint density at radius 2 is 2.32 bits per heavy atom. The van der Waals surface area contributed by atoms with Crippen LogP contribution < -0.4 is 15.4 Å². The molecule has 6 heteroatoms. The van der Waals surface area contributed by atoms with Crippen molar-refractivity contribution in [3.8, 4) is 5.75 Å². The quantitative estimate of drug-likeness (QED) is 0.749. The number of rotatable bonds is 6. The molecular weight excluding hydrogens is 280 g/mol. The Hall–Kier alpha value is -2.05. The van der Waals surface area contributed by atoms with Crippen LogP contribution in [0.1, 0.15) is 11.7 Å². The van der Waals surface area contributed by atoms with Gasteiger partial charge in [0.1, 0.15) is 11.6 Å². The van der Waals surface area contributed by atoms with Crippen molar-refractivity contribution in [1.82, 2.24) is 15.1 Å². The second-order valence-corrected chi connectivity index (χ2v) is 5.56. The van der Waals surface area contributed by atoms with Crippen molar-refractivity contribution < 1.29 is 9.84 Å². The van der Waals surface area contributed by atoms with Crippen LogP contribution in [-0.2, 0) is 6.54 Å². The summed E-state index contributed by atoms with van der Waals surface area (Å²) in [6.07, 6.45) is 1.23. The average molecular weight is 302 g/mol. The fraction of sp³-hybridized carbons (Fsp3) is 0.438. The fourth-order valence-corrected chi connectivity index (χ4v) is 2.80. The van der Waals surface area contributed by atoms with Gasteiger partial charge in [0.25, 0.3) is 0 Å². The van der Waals surface area contributed by atoms with Crippen LogP contribution >= 0.6 is 0 Å². The zero-order chi connectivity index (χ0) is 15.4. The number of ether oxygens (including phenoxy) is 1. The lowest BCUT2D eigenvalue weighted by atomic mass is 10.1. The fourth-order valence-electron chi connectivity index (χ4n) is 2.80. The molecule has 0 spiro atoms. The third-order valence-electron chi connectivity index (χ3n) is 3.99. The molecule has 1 aromatic heterocycles. The Labute approximate surface area is 130 Å². The van der Waals surface area contributed by atoms with E-state index in [1.54, 1.807) is 7.11 Å². The number of aliphatic hydroxyl groups excluding tert-OH is 1. The van der Waals surface area contributed by atoms with Gasteiger partial charge in [0, 0.05) is 43.7 Å². The van der Waals surface area contributed by atoms with Crippen molar-refractivity contribution >= 4 is 5.82 Å². The molecule has 1 aliphatic rings. The summed E-state index contributed by atoms with van der Waals surface area (Å²) in [5, 5.41) is 21.3. The molecule has 0 aliphatic carbocycles. The summed E-state index contributed by atoms with van der Waals surface area (Å²) < 4.78 is 7.26. The molecule has 0 fully saturated rings. The highest BCUT2D eigenvalue weighted by Gasteiger charge is 2.19. The van der Waals surface area contributed by atoms with Crippen LogP contribution in [-0.4, -0.2) is 41.6 Å². The Bertz CT molecular complexity index is 614. The smallest absolute Gasteiger partial charge is 0.124 e. The van der Waals surface area contributed by atoms with E-state index in [-0.39, 0.29) is 0 Å². The zero-order valence-corrected chi connectivity index (χ0v) is 12.7. The maximum absolute atomic E-state index is 10.3. The van der Waals surface area contributed by atoms with E-state index in [9.17, 15) is 5.11 Å². The Kier molecular flexibility index (Phi) is 4.60. The molecular formula is C16H22N4O2. The number of nitrogens with zero attached hydrogens (tertiary/aromatic N) is 2. The lowest BCUT2D eigenvalue weighted by Gasteiger charge is -2.25. The minimum Gasteiger partial charge on any atom is -0.496 e. The van der Waals surface area contributed by atoms with Crippen LogP contribution in [0.2, 0.25) is 0 Å². The lowest BCUT2D eigenvalue weighted by molar-refractivity contribution is 0.168. The number of hydrogen-bond donors (Lipinski definition) is 3. The van der Waals surface area contributed by atoms with Crippen molar-refractivity contribution in [3.63, 3.8) is 0 Å². The average Bonchev–Trinajstić information content (AvgIpc) is 3.02. The van der Waals surface area contributed by atoms with Gasteiger partial charge in [-0.05, 0) is 6.07 Å². The molecule has 2 heterocycles. The number of aromatic nitrogens is 2. The van der Waals surface area contributed by atoms with Gasteiger partial charge in [-0.25, -0.2) is 4.68 Å². The second-order valence-electron chi connectivity index (χ2n) is 5.56. The third-order valence-corrected chi connectivity index (χ3v) is 3.99. The standard InChI is InChI=1S/C16H22N4O2/c1-22-15-5-3-2-4-13(15)14(21)10-17-8-12-9-18-16-6-7-19-20(16)11-12/h2-7,12,14,17-18,21H,8-11H2,1H3/t12-,14-/m0/s1. The van der Waals surface area contributed by atoms with Crippen molar-refractivity contribution in [1.29, 1.82) is 0 Å². The maximum atomic E-state index is 10.3. The van der Waals surface area contributed by atoms with E-state index in [0.29, 0.717) is 12.5 Å². The first-order chi connectivity index (χ1) is 10.8. The summed E-state index contributed by atoms with van der Waals surface area (Å²) in [5.41, 5.74) is 0.814. The molecule has 2 aromatic rings. The molecule has 1 aliphatic heterocycles. The Morgan fingerprint density at radius 3 is 3.18 bits per heavy atom. The summed E-state index contributed by atoms with van der Waals surface area (Å²) in [6.45, 7) is 3.15. The van der Waals surface area contributed by atoms with E-state index >= 15 is 0 Å². The van der Waals surface area contributed by atoms with Crippen molar-refractivity contribution in [3.05, 3.63) is 42.1 Å². The molecule has 1 aromatic carbocycles. The van der Waals surface area contributed by atoms with Crippen LogP contribution in [0.3, 0.4) is 0 Å². The van der Waals surface area contributed by atoms with Crippen LogP contribution in [0, 0.1) is 5.92 Å². The Balaban J connectivity index is 1.49. The zero-order valence-electron chi connectivity index (χ0n) is 12.7. The predicted octanol–water partition coefficient (Wildman–Crippen LogP) is 1.26. The first-order valence-corrected chi connectivity index (χ1v) is 7.55. The van der Waals surface area contributed by atoms with Gasteiger partial charge in [-0.3, -0.25) is 0 Å². The molecule has 0 saturated heterocycles. The number of nitrogens with one attached hydrogen (secondary N) is 2. The highest BCUT2D eigenvalue weighted by atomic mass is 16.5. The molecule has 0 radical (unpaired) electrons. The van der Waals surface area contributed by atoms with Crippen LogP contribution in [0.15, 0.2) is 36.5 Å². The summed E-state index contributed by atoms with van der Waals surface area (Å²) in [6, 6.07) is 9.55. The van der Waals surface area contributed by atoms with Crippen LogP contribution in [0.5, 0.6) is 5.75 Å². The third kappa shape index (κ3) is 3.23. The minimum absolute atomic E-state index is 0.456. The molecule has 22 heavy (non-hydrogen) atoms. The summed E-state index contributed by atoms with van der Waals surface area (Å²) in [4.78, 5) is 0. The number of hydrogen-bond acceptors (Lipinski definition) is 5. The van der Waals surface area contributed by atoms with E-state index in [1.165, 1.54) is 0 Å². The maximum Gasteiger partial charge on any atom is 0.124 e. The first kappa shape index (κ1) is 14.9.